The van der Waals surface area contributed by atoms with Gasteiger partial charge in [0.15, 0.2) is 5.82 Å². The number of hydrogen-bond donors (Lipinski definition) is 1. The highest BCUT2D eigenvalue weighted by molar-refractivity contribution is 5.95. The first kappa shape index (κ1) is 20.9. The molecule has 0 radical (unpaired) electrons. The van der Waals surface area contributed by atoms with Gasteiger partial charge >= 0.3 is 5.97 Å². The van der Waals surface area contributed by atoms with Crippen LogP contribution in [0.4, 0.5) is 0 Å². The maximum atomic E-state index is 11.5. The Bertz CT molecular complexity index is 1110. The lowest BCUT2D eigenvalue weighted by Crippen LogP contribution is -2.08. The summed E-state index contributed by atoms with van der Waals surface area (Å²) in [6.07, 6.45) is 6.75. The van der Waals surface area contributed by atoms with Crippen molar-refractivity contribution in [2.24, 2.45) is 0 Å². The number of nitrogens with zero attached hydrogens (tertiary/aromatic N) is 3. The monoisotopic (exact) mass is 413 g/mol. The van der Waals surface area contributed by atoms with E-state index in [1.54, 1.807) is 12.1 Å². The van der Waals surface area contributed by atoms with Gasteiger partial charge in [-0.05, 0) is 42.5 Å². The molecule has 0 atom stereocenters. The number of hydrogen-bond acceptors (Lipinski definition) is 3. The molecular formula is C26H27N3O2. The Morgan fingerprint density at radius 2 is 1.84 bits per heavy atom. The molecule has 4 rings (SSSR count). The first-order chi connectivity index (χ1) is 15.2. The predicted octanol–water partition coefficient (Wildman–Crippen LogP) is 5.31. The lowest BCUT2D eigenvalue weighted by molar-refractivity contribution is 0.0697. The van der Waals surface area contributed by atoms with Crippen molar-refractivity contribution < 1.29 is 9.90 Å². The smallest absolute Gasteiger partial charge is 0.336 e. The lowest BCUT2D eigenvalue weighted by Gasteiger charge is -2.18. The molecule has 1 aliphatic rings. The highest BCUT2D eigenvalue weighted by Gasteiger charge is 2.21. The second kappa shape index (κ2) is 9.61. The number of aromatic carboxylic acids is 1. The van der Waals surface area contributed by atoms with E-state index in [1.165, 1.54) is 32.1 Å². The van der Waals surface area contributed by atoms with Crippen molar-refractivity contribution in [1.29, 1.82) is 0 Å². The normalized spacial score (nSPS) is 14.1. The van der Waals surface area contributed by atoms with Gasteiger partial charge in [-0.3, -0.25) is 0 Å². The molecule has 0 bridgehead atoms. The van der Waals surface area contributed by atoms with Crippen LogP contribution in [0.5, 0.6) is 0 Å². The number of carboxylic acid groups (broad SMARTS) is 1. The number of carboxylic acids is 1. The average Bonchev–Trinajstić information content (AvgIpc) is 3.21. The Morgan fingerprint density at radius 3 is 2.55 bits per heavy atom. The number of aromatic nitrogens is 3. The van der Waals surface area contributed by atoms with Crippen molar-refractivity contribution in [3.8, 4) is 23.0 Å². The van der Waals surface area contributed by atoms with Crippen LogP contribution in [0.3, 0.4) is 0 Å². The molecule has 3 aromatic rings. The Balaban J connectivity index is 1.58. The largest absolute Gasteiger partial charge is 0.478 e. The summed E-state index contributed by atoms with van der Waals surface area (Å²) < 4.78 is 1.98. The van der Waals surface area contributed by atoms with Gasteiger partial charge in [0.2, 0.25) is 0 Å². The summed E-state index contributed by atoms with van der Waals surface area (Å²) in [5.74, 6) is 7.49. The first-order valence-corrected chi connectivity index (χ1v) is 10.9. The fourth-order valence-electron chi connectivity index (χ4n) is 4.24. The van der Waals surface area contributed by atoms with E-state index in [9.17, 15) is 9.90 Å². The van der Waals surface area contributed by atoms with Crippen molar-refractivity contribution in [3.05, 3.63) is 71.3 Å². The van der Waals surface area contributed by atoms with Crippen LogP contribution < -0.4 is 0 Å². The molecule has 31 heavy (non-hydrogen) atoms. The van der Waals surface area contributed by atoms with Gasteiger partial charge in [0.25, 0.3) is 0 Å². The molecule has 2 aromatic carbocycles. The number of carbonyl (C=O) groups is 1. The fraction of sp³-hybridized carbons (Fsp3) is 0.346. The summed E-state index contributed by atoms with van der Waals surface area (Å²) in [5.41, 5.74) is 3.02. The third-order valence-corrected chi connectivity index (χ3v) is 5.91. The van der Waals surface area contributed by atoms with Crippen LogP contribution in [0, 0.1) is 11.8 Å². The minimum Gasteiger partial charge on any atom is -0.478 e. The topological polar surface area (TPSA) is 68.0 Å². The zero-order valence-electron chi connectivity index (χ0n) is 17.8. The molecule has 0 aliphatic heterocycles. The van der Waals surface area contributed by atoms with E-state index in [-0.39, 0.29) is 0 Å². The molecule has 158 valence electrons. The molecule has 1 N–H and O–H groups in total. The minimum absolute atomic E-state index is 0.309. The molecule has 0 saturated heterocycles. The predicted molar refractivity (Wildman–Crippen MR) is 121 cm³/mol. The number of rotatable bonds is 6. The SMILES string of the molecule is CC#CCc1nc(C2CCCCC2)nn1Cc1ccc(-c2ccccc2C(=O)O)cc1. The van der Waals surface area contributed by atoms with E-state index in [4.69, 9.17) is 10.1 Å². The molecule has 1 aliphatic carbocycles. The first-order valence-electron chi connectivity index (χ1n) is 10.9. The maximum Gasteiger partial charge on any atom is 0.336 e. The molecule has 0 spiro atoms. The van der Waals surface area contributed by atoms with Gasteiger partial charge in [0.05, 0.1) is 18.5 Å². The summed E-state index contributed by atoms with van der Waals surface area (Å²) >= 11 is 0. The Labute approximate surface area is 183 Å². The van der Waals surface area contributed by atoms with Crippen LogP contribution >= 0.6 is 0 Å². The van der Waals surface area contributed by atoms with Crippen molar-refractivity contribution in [1.82, 2.24) is 14.8 Å². The second-order valence-corrected chi connectivity index (χ2v) is 8.03. The highest BCUT2D eigenvalue weighted by atomic mass is 16.4. The summed E-state index contributed by atoms with van der Waals surface area (Å²) in [7, 11) is 0. The van der Waals surface area contributed by atoms with Crippen molar-refractivity contribution in [2.45, 2.75) is 57.9 Å². The zero-order valence-corrected chi connectivity index (χ0v) is 17.8. The molecule has 0 unspecified atom stereocenters. The highest BCUT2D eigenvalue weighted by Crippen LogP contribution is 2.31. The molecular weight excluding hydrogens is 386 g/mol. The van der Waals surface area contributed by atoms with Gasteiger partial charge in [-0.15, -0.1) is 5.92 Å². The van der Waals surface area contributed by atoms with E-state index in [2.05, 4.69) is 11.8 Å². The molecule has 1 aromatic heterocycles. The van der Waals surface area contributed by atoms with Gasteiger partial charge < -0.3 is 5.11 Å². The van der Waals surface area contributed by atoms with E-state index < -0.39 is 5.97 Å². The summed E-state index contributed by atoms with van der Waals surface area (Å²) in [6.45, 7) is 2.47. The third-order valence-electron chi connectivity index (χ3n) is 5.91. The van der Waals surface area contributed by atoms with Crippen LogP contribution in [0.15, 0.2) is 48.5 Å². The van der Waals surface area contributed by atoms with E-state index >= 15 is 0 Å². The van der Waals surface area contributed by atoms with Gasteiger partial charge in [-0.2, -0.15) is 5.10 Å². The van der Waals surface area contributed by atoms with Crippen molar-refractivity contribution >= 4 is 5.97 Å². The van der Waals surface area contributed by atoms with Crippen molar-refractivity contribution in [2.75, 3.05) is 0 Å². The Morgan fingerprint density at radius 1 is 1.10 bits per heavy atom. The number of benzene rings is 2. The molecule has 5 heteroatoms. The van der Waals surface area contributed by atoms with Crippen LogP contribution in [0.25, 0.3) is 11.1 Å². The van der Waals surface area contributed by atoms with Gasteiger partial charge in [-0.25, -0.2) is 14.5 Å². The third kappa shape index (κ3) is 4.86. The minimum atomic E-state index is -0.917. The quantitative estimate of drug-likeness (QED) is 0.557. The summed E-state index contributed by atoms with van der Waals surface area (Å²) in [4.78, 5) is 16.4. The standard InChI is InChI=1S/C26H27N3O2/c1-2-3-13-24-27-25(21-9-5-4-6-10-21)28-29(24)18-19-14-16-20(17-15-19)22-11-7-8-12-23(22)26(30)31/h7-8,11-12,14-17,21H,4-6,9-10,13,18H2,1H3,(H,30,31). The molecule has 1 fully saturated rings. The van der Waals surface area contributed by atoms with E-state index in [0.717, 1.165) is 28.3 Å². The second-order valence-electron chi connectivity index (χ2n) is 8.03. The van der Waals surface area contributed by atoms with E-state index in [1.807, 2.05) is 48.0 Å². The Hall–Kier alpha value is -3.39. The summed E-state index contributed by atoms with van der Waals surface area (Å²) in [6, 6.07) is 15.1. The van der Waals surface area contributed by atoms with Crippen LogP contribution in [0.1, 0.15) is 72.5 Å². The van der Waals surface area contributed by atoms with Crippen LogP contribution in [-0.4, -0.2) is 25.8 Å². The molecule has 1 saturated carbocycles. The summed E-state index contributed by atoms with van der Waals surface area (Å²) in [5, 5.41) is 14.3. The molecule has 5 nitrogen and oxygen atoms in total. The van der Waals surface area contributed by atoms with Crippen LogP contribution in [0.2, 0.25) is 0 Å². The van der Waals surface area contributed by atoms with Crippen LogP contribution in [-0.2, 0) is 13.0 Å². The van der Waals surface area contributed by atoms with Gasteiger partial charge in [-0.1, -0.05) is 67.6 Å². The molecule has 1 heterocycles. The Kier molecular flexibility index (Phi) is 6.47. The maximum absolute atomic E-state index is 11.5. The lowest BCUT2D eigenvalue weighted by atomic mass is 9.89. The van der Waals surface area contributed by atoms with Crippen molar-refractivity contribution in [3.63, 3.8) is 0 Å². The van der Waals surface area contributed by atoms with E-state index in [0.29, 0.717) is 24.4 Å². The molecule has 0 amide bonds. The zero-order chi connectivity index (χ0) is 21.6. The fourth-order valence-corrected chi connectivity index (χ4v) is 4.24. The van der Waals surface area contributed by atoms with Gasteiger partial charge in [0.1, 0.15) is 5.82 Å². The van der Waals surface area contributed by atoms with Gasteiger partial charge in [0, 0.05) is 5.92 Å². The average molecular weight is 414 g/mol.